The second kappa shape index (κ2) is 5.54. The lowest BCUT2D eigenvalue weighted by Crippen LogP contribution is -2.10. The average Bonchev–Trinajstić information content (AvgIpc) is 2.63. The van der Waals surface area contributed by atoms with E-state index in [0.29, 0.717) is 5.39 Å². The molecule has 23 heavy (non-hydrogen) atoms. The molecular weight excluding hydrogens is 284 g/mol. The minimum Gasteiger partial charge on any atom is -0.309 e. The molecular formula is C20H14N2O. The molecule has 0 bridgehead atoms. The molecule has 0 spiro atoms. The van der Waals surface area contributed by atoms with Crippen molar-refractivity contribution in [3.63, 3.8) is 0 Å². The number of nitrogens with zero attached hydrogens (tertiary/aromatic N) is 2. The standard InChI is InChI=1S/C20H14N2O/c23-20-13-19(15-7-6-12-21-14-15)22(16-8-2-1-3-9-16)18-11-5-4-10-17(18)20/h1-14H. The zero-order chi connectivity index (χ0) is 15.6. The first kappa shape index (κ1) is 13.5. The molecule has 0 aliphatic rings. The van der Waals surface area contributed by atoms with Gasteiger partial charge in [-0.3, -0.25) is 9.78 Å². The molecule has 3 nitrogen and oxygen atoms in total. The van der Waals surface area contributed by atoms with Crippen molar-refractivity contribution in [2.75, 3.05) is 0 Å². The van der Waals surface area contributed by atoms with E-state index in [9.17, 15) is 4.79 Å². The van der Waals surface area contributed by atoms with Crippen LogP contribution >= 0.6 is 0 Å². The van der Waals surface area contributed by atoms with Gasteiger partial charge in [-0.2, -0.15) is 0 Å². The second-order valence-electron chi connectivity index (χ2n) is 5.32. The van der Waals surface area contributed by atoms with Crippen LogP contribution in [0.1, 0.15) is 0 Å². The Morgan fingerprint density at radius 1 is 0.826 bits per heavy atom. The minimum absolute atomic E-state index is 0.0200. The Bertz CT molecular complexity index is 1020. The Labute approximate surface area is 133 Å². The highest BCUT2D eigenvalue weighted by molar-refractivity contribution is 5.84. The van der Waals surface area contributed by atoms with Crippen LogP contribution in [0, 0.1) is 0 Å². The lowest BCUT2D eigenvalue weighted by Gasteiger charge is -2.17. The predicted molar refractivity (Wildman–Crippen MR) is 92.8 cm³/mol. The van der Waals surface area contributed by atoms with Gasteiger partial charge in [-0.25, -0.2) is 0 Å². The van der Waals surface area contributed by atoms with Crippen LogP contribution < -0.4 is 5.43 Å². The maximum atomic E-state index is 12.5. The first-order valence-corrected chi connectivity index (χ1v) is 7.45. The number of hydrogen-bond acceptors (Lipinski definition) is 2. The van der Waals surface area contributed by atoms with Crippen molar-refractivity contribution in [1.29, 1.82) is 0 Å². The van der Waals surface area contributed by atoms with Gasteiger partial charge in [0.2, 0.25) is 0 Å². The quantitative estimate of drug-likeness (QED) is 0.559. The van der Waals surface area contributed by atoms with E-state index in [4.69, 9.17) is 0 Å². The number of benzene rings is 2. The van der Waals surface area contributed by atoms with Gasteiger partial charge in [-0.05, 0) is 36.4 Å². The second-order valence-corrected chi connectivity index (χ2v) is 5.32. The molecule has 0 radical (unpaired) electrons. The normalized spacial score (nSPS) is 10.8. The SMILES string of the molecule is O=c1cc(-c2cccnc2)n(-c2ccccc2)c2ccccc12. The zero-order valence-electron chi connectivity index (χ0n) is 12.4. The molecule has 0 atom stereocenters. The van der Waals surface area contributed by atoms with Gasteiger partial charge in [0.05, 0.1) is 11.2 Å². The van der Waals surface area contributed by atoms with Crippen LogP contribution in [0.25, 0.3) is 27.8 Å². The summed E-state index contributed by atoms with van der Waals surface area (Å²) in [5.74, 6) is 0. The van der Waals surface area contributed by atoms with E-state index in [1.54, 1.807) is 18.5 Å². The molecule has 0 amide bonds. The average molecular weight is 298 g/mol. The summed E-state index contributed by atoms with van der Waals surface area (Å²) in [5, 5.41) is 0.712. The molecule has 2 aromatic heterocycles. The van der Waals surface area contributed by atoms with E-state index in [1.165, 1.54) is 0 Å². The van der Waals surface area contributed by atoms with Gasteiger partial charge in [-0.1, -0.05) is 30.3 Å². The summed E-state index contributed by atoms with van der Waals surface area (Å²) < 4.78 is 2.10. The van der Waals surface area contributed by atoms with E-state index in [-0.39, 0.29) is 5.43 Å². The summed E-state index contributed by atoms with van der Waals surface area (Å²) in [6, 6.07) is 23.3. The highest BCUT2D eigenvalue weighted by atomic mass is 16.1. The molecule has 0 saturated carbocycles. The molecule has 0 aliphatic heterocycles. The molecule has 0 saturated heterocycles. The van der Waals surface area contributed by atoms with Gasteiger partial charge in [0, 0.05) is 35.1 Å². The Hall–Kier alpha value is -3.20. The minimum atomic E-state index is 0.0200. The molecule has 110 valence electrons. The summed E-state index contributed by atoms with van der Waals surface area (Å²) >= 11 is 0. The van der Waals surface area contributed by atoms with Crippen LogP contribution in [0.4, 0.5) is 0 Å². The molecule has 0 fully saturated rings. The first-order chi connectivity index (χ1) is 11.3. The van der Waals surface area contributed by atoms with E-state index in [1.807, 2.05) is 66.7 Å². The smallest absolute Gasteiger partial charge is 0.190 e. The van der Waals surface area contributed by atoms with Crippen molar-refractivity contribution in [2.45, 2.75) is 0 Å². The number of para-hydroxylation sites is 2. The van der Waals surface area contributed by atoms with Crippen molar-refractivity contribution in [3.8, 4) is 16.9 Å². The lowest BCUT2D eigenvalue weighted by molar-refractivity contribution is 1.10. The maximum absolute atomic E-state index is 12.5. The zero-order valence-corrected chi connectivity index (χ0v) is 12.4. The molecule has 2 heterocycles. The fourth-order valence-electron chi connectivity index (χ4n) is 2.86. The lowest BCUT2D eigenvalue weighted by atomic mass is 10.1. The van der Waals surface area contributed by atoms with Crippen molar-refractivity contribution in [2.24, 2.45) is 0 Å². The van der Waals surface area contributed by atoms with Gasteiger partial charge in [-0.15, -0.1) is 0 Å². The van der Waals surface area contributed by atoms with E-state index < -0.39 is 0 Å². The van der Waals surface area contributed by atoms with Crippen molar-refractivity contribution in [1.82, 2.24) is 9.55 Å². The Morgan fingerprint density at radius 3 is 2.39 bits per heavy atom. The van der Waals surface area contributed by atoms with Crippen LogP contribution in [0.3, 0.4) is 0 Å². The molecule has 0 aliphatic carbocycles. The molecule has 3 heteroatoms. The van der Waals surface area contributed by atoms with Gasteiger partial charge >= 0.3 is 0 Å². The van der Waals surface area contributed by atoms with E-state index in [2.05, 4.69) is 9.55 Å². The van der Waals surface area contributed by atoms with Crippen LogP contribution in [0.5, 0.6) is 0 Å². The molecule has 2 aromatic carbocycles. The molecule has 4 aromatic rings. The number of fused-ring (bicyclic) bond motifs is 1. The van der Waals surface area contributed by atoms with Gasteiger partial charge in [0.25, 0.3) is 0 Å². The van der Waals surface area contributed by atoms with Crippen molar-refractivity contribution in [3.05, 3.63) is 95.4 Å². The number of pyridine rings is 2. The highest BCUT2D eigenvalue weighted by Gasteiger charge is 2.12. The highest BCUT2D eigenvalue weighted by Crippen LogP contribution is 2.26. The molecule has 0 N–H and O–H groups in total. The topological polar surface area (TPSA) is 34.9 Å². The number of aromatic nitrogens is 2. The molecule has 4 rings (SSSR count). The third-order valence-corrected chi connectivity index (χ3v) is 3.89. The third-order valence-electron chi connectivity index (χ3n) is 3.89. The van der Waals surface area contributed by atoms with E-state index in [0.717, 1.165) is 22.5 Å². The van der Waals surface area contributed by atoms with Gasteiger partial charge < -0.3 is 4.57 Å². The summed E-state index contributed by atoms with van der Waals surface area (Å²) in [6.07, 6.45) is 3.51. The largest absolute Gasteiger partial charge is 0.309 e. The van der Waals surface area contributed by atoms with E-state index >= 15 is 0 Å². The predicted octanol–water partition coefficient (Wildman–Crippen LogP) is 4.05. The number of hydrogen-bond donors (Lipinski definition) is 0. The van der Waals surface area contributed by atoms with Gasteiger partial charge in [0.15, 0.2) is 5.43 Å². The summed E-state index contributed by atoms with van der Waals surface area (Å²) in [6.45, 7) is 0. The summed E-state index contributed by atoms with van der Waals surface area (Å²) in [7, 11) is 0. The Kier molecular flexibility index (Phi) is 3.24. The van der Waals surface area contributed by atoms with Crippen molar-refractivity contribution < 1.29 is 0 Å². The first-order valence-electron chi connectivity index (χ1n) is 7.45. The Morgan fingerprint density at radius 2 is 1.61 bits per heavy atom. The van der Waals surface area contributed by atoms with Crippen molar-refractivity contribution >= 4 is 10.9 Å². The summed E-state index contributed by atoms with van der Waals surface area (Å²) in [5.41, 5.74) is 3.69. The van der Waals surface area contributed by atoms with Crippen LogP contribution in [0.2, 0.25) is 0 Å². The fraction of sp³-hybridized carbons (Fsp3) is 0. The maximum Gasteiger partial charge on any atom is 0.190 e. The van der Waals surface area contributed by atoms with Crippen LogP contribution in [-0.2, 0) is 0 Å². The summed E-state index contributed by atoms with van der Waals surface area (Å²) in [4.78, 5) is 16.7. The van der Waals surface area contributed by atoms with Crippen LogP contribution in [-0.4, -0.2) is 9.55 Å². The Balaban J connectivity index is 2.16. The third kappa shape index (κ3) is 2.32. The van der Waals surface area contributed by atoms with Gasteiger partial charge in [0.1, 0.15) is 0 Å². The molecule has 0 unspecified atom stereocenters. The monoisotopic (exact) mass is 298 g/mol. The number of rotatable bonds is 2. The van der Waals surface area contributed by atoms with Crippen LogP contribution in [0.15, 0.2) is 90.0 Å². The fourth-order valence-corrected chi connectivity index (χ4v) is 2.86.